The number of hydrogen-bond acceptors (Lipinski definition) is 9. The molecule has 10 nitrogen and oxygen atoms in total. The van der Waals surface area contributed by atoms with Crippen molar-refractivity contribution in [2.24, 2.45) is 0 Å². The molecule has 4 aromatic rings. The van der Waals surface area contributed by atoms with E-state index >= 15 is 0 Å². The second-order valence-electron chi connectivity index (χ2n) is 8.25. The predicted molar refractivity (Wildman–Crippen MR) is 139 cm³/mol. The van der Waals surface area contributed by atoms with Crippen LogP contribution in [0.5, 0.6) is 0 Å². The molecule has 11 heteroatoms. The van der Waals surface area contributed by atoms with Crippen molar-refractivity contribution in [3.8, 4) is 11.5 Å². The van der Waals surface area contributed by atoms with Crippen molar-refractivity contribution in [2.75, 3.05) is 50.5 Å². The second kappa shape index (κ2) is 10.2. The quantitative estimate of drug-likeness (QED) is 0.305. The Hall–Kier alpha value is -2.77. The Morgan fingerprint density at radius 2 is 1.91 bits per heavy atom. The summed E-state index contributed by atoms with van der Waals surface area (Å²) in [5, 5.41) is 23.7. The van der Waals surface area contributed by atoms with Crippen LogP contribution in [-0.2, 0) is 11.2 Å². The summed E-state index contributed by atoms with van der Waals surface area (Å²) in [5.41, 5.74) is 4.53. The van der Waals surface area contributed by atoms with Gasteiger partial charge in [0, 0.05) is 48.1 Å². The molecule has 4 heterocycles. The fraction of sp³-hybridized carbons (Fsp3) is 0.391. The van der Waals surface area contributed by atoms with E-state index in [0.29, 0.717) is 11.9 Å². The van der Waals surface area contributed by atoms with Crippen LogP contribution < -0.4 is 10.6 Å². The lowest BCUT2D eigenvalue weighted by molar-refractivity contribution is 0.0374. The number of aromatic nitrogens is 5. The molecule has 0 saturated carbocycles. The Balaban J connectivity index is 1.46. The fourth-order valence-electron chi connectivity index (χ4n) is 4.06. The minimum absolute atomic E-state index is 0.362. The molecule has 1 aliphatic heterocycles. The topological polar surface area (TPSA) is 106 Å². The zero-order valence-corrected chi connectivity index (χ0v) is 21.4. The molecule has 3 aromatic heterocycles. The van der Waals surface area contributed by atoms with Crippen LogP contribution in [0.3, 0.4) is 0 Å². The number of hydrogen-bond donors (Lipinski definition) is 2. The zero-order valence-electron chi connectivity index (χ0n) is 19.2. The first-order valence-electron chi connectivity index (χ1n) is 11.3. The Kier molecular flexibility index (Phi) is 6.92. The summed E-state index contributed by atoms with van der Waals surface area (Å²) in [6.07, 6.45) is 3.81. The number of anilines is 3. The normalized spacial score (nSPS) is 14.6. The number of morpholine rings is 1. The molecule has 0 aliphatic carbocycles. The minimum atomic E-state index is 0.362. The molecule has 34 heavy (non-hydrogen) atoms. The van der Waals surface area contributed by atoms with Gasteiger partial charge >= 0.3 is 6.01 Å². The van der Waals surface area contributed by atoms with E-state index in [1.807, 2.05) is 16.7 Å². The standard InChI is InChI=1S/C23H27IN8O2/c1-15-12-16(24)5-6-18(15)26-19-13-21-28-27-20(4-3-7-31-8-10-33-11-9-31)32(21)14-17(19)22-29-30-23(25-2)34-22/h5-6,12-14,26H,3-4,7-11H2,1-2H3,(H,25,30). The maximum absolute atomic E-state index is 5.83. The first-order chi connectivity index (χ1) is 16.6. The van der Waals surface area contributed by atoms with Gasteiger partial charge in [-0.15, -0.1) is 15.3 Å². The molecule has 5 rings (SSSR count). The molecule has 178 valence electrons. The summed E-state index contributed by atoms with van der Waals surface area (Å²) in [4.78, 5) is 2.43. The van der Waals surface area contributed by atoms with Crippen LogP contribution in [0, 0.1) is 10.5 Å². The van der Waals surface area contributed by atoms with E-state index in [2.05, 4.69) is 83.6 Å². The maximum atomic E-state index is 5.83. The highest BCUT2D eigenvalue weighted by Crippen LogP contribution is 2.33. The number of halogens is 1. The lowest BCUT2D eigenvalue weighted by atomic mass is 10.1. The highest BCUT2D eigenvalue weighted by atomic mass is 127. The minimum Gasteiger partial charge on any atom is -0.403 e. The molecule has 0 spiro atoms. The highest BCUT2D eigenvalue weighted by Gasteiger charge is 2.18. The molecule has 0 unspecified atom stereocenters. The SMILES string of the molecule is CNc1nnc(-c2cn3c(CCCN4CCOCC4)nnc3cc2Nc2ccc(I)cc2C)o1. The molecular formula is C23H27IN8O2. The largest absolute Gasteiger partial charge is 0.403 e. The molecule has 2 N–H and O–H groups in total. The fourth-order valence-corrected chi connectivity index (χ4v) is 4.70. The molecule has 0 radical (unpaired) electrons. The molecule has 1 aromatic carbocycles. The highest BCUT2D eigenvalue weighted by molar-refractivity contribution is 14.1. The van der Waals surface area contributed by atoms with Crippen molar-refractivity contribution >= 4 is 45.6 Å². The summed E-state index contributed by atoms with van der Waals surface area (Å²) >= 11 is 2.32. The summed E-state index contributed by atoms with van der Waals surface area (Å²) in [5.74, 6) is 1.33. The van der Waals surface area contributed by atoms with Gasteiger partial charge in [-0.3, -0.25) is 9.30 Å². The maximum Gasteiger partial charge on any atom is 0.315 e. The monoisotopic (exact) mass is 574 g/mol. The Bertz CT molecular complexity index is 1280. The van der Waals surface area contributed by atoms with Crippen molar-refractivity contribution in [1.82, 2.24) is 29.7 Å². The predicted octanol–water partition coefficient (Wildman–Crippen LogP) is 3.74. The van der Waals surface area contributed by atoms with Crippen LogP contribution in [0.1, 0.15) is 17.8 Å². The van der Waals surface area contributed by atoms with Gasteiger partial charge in [0.1, 0.15) is 5.82 Å². The van der Waals surface area contributed by atoms with Crippen LogP contribution in [0.25, 0.3) is 17.1 Å². The summed E-state index contributed by atoms with van der Waals surface area (Å²) in [7, 11) is 1.75. The lowest BCUT2D eigenvalue weighted by Gasteiger charge is -2.26. The van der Waals surface area contributed by atoms with E-state index in [-0.39, 0.29) is 0 Å². The summed E-state index contributed by atoms with van der Waals surface area (Å²) in [6, 6.07) is 8.62. The molecule has 1 aliphatic rings. The van der Waals surface area contributed by atoms with Crippen molar-refractivity contribution < 1.29 is 9.15 Å². The van der Waals surface area contributed by atoms with Crippen LogP contribution >= 0.6 is 22.6 Å². The van der Waals surface area contributed by atoms with E-state index in [0.717, 1.165) is 79.7 Å². The third-order valence-corrected chi connectivity index (χ3v) is 6.59. The molecular weight excluding hydrogens is 547 g/mol. The average Bonchev–Trinajstić information content (AvgIpc) is 3.48. The summed E-state index contributed by atoms with van der Waals surface area (Å²) < 4.78 is 14.5. The van der Waals surface area contributed by atoms with Crippen molar-refractivity contribution in [2.45, 2.75) is 19.8 Å². The van der Waals surface area contributed by atoms with E-state index in [9.17, 15) is 0 Å². The third-order valence-electron chi connectivity index (χ3n) is 5.92. The Morgan fingerprint density at radius 1 is 1.06 bits per heavy atom. The number of fused-ring (bicyclic) bond motifs is 1. The number of rotatable bonds is 8. The van der Waals surface area contributed by atoms with Crippen LogP contribution in [-0.4, -0.2) is 69.6 Å². The van der Waals surface area contributed by atoms with E-state index in [4.69, 9.17) is 9.15 Å². The van der Waals surface area contributed by atoms with Crippen LogP contribution in [0.4, 0.5) is 17.4 Å². The second-order valence-corrected chi connectivity index (χ2v) is 9.50. The summed E-state index contributed by atoms with van der Waals surface area (Å²) in [6.45, 7) is 6.70. The average molecular weight is 574 g/mol. The molecule has 0 bridgehead atoms. The van der Waals surface area contributed by atoms with Gasteiger partial charge in [0.05, 0.1) is 24.5 Å². The first-order valence-corrected chi connectivity index (χ1v) is 12.4. The lowest BCUT2D eigenvalue weighted by Crippen LogP contribution is -2.37. The van der Waals surface area contributed by atoms with Gasteiger partial charge in [0.25, 0.3) is 5.89 Å². The van der Waals surface area contributed by atoms with Gasteiger partial charge in [-0.1, -0.05) is 5.10 Å². The van der Waals surface area contributed by atoms with Gasteiger partial charge < -0.3 is 19.8 Å². The van der Waals surface area contributed by atoms with Gasteiger partial charge in [-0.2, -0.15) is 0 Å². The van der Waals surface area contributed by atoms with Gasteiger partial charge in [0.2, 0.25) is 0 Å². The Labute approximate surface area is 211 Å². The van der Waals surface area contributed by atoms with Crippen LogP contribution in [0.15, 0.2) is 34.9 Å². The Morgan fingerprint density at radius 3 is 2.68 bits per heavy atom. The smallest absolute Gasteiger partial charge is 0.315 e. The first kappa shape index (κ1) is 23.0. The third kappa shape index (κ3) is 5.00. The number of nitrogens with zero attached hydrogens (tertiary/aromatic N) is 6. The molecule has 1 saturated heterocycles. The van der Waals surface area contributed by atoms with Crippen LogP contribution in [0.2, 0.25) is 0 Å². The van der Waals surface area contributed by atoms with E-state index in [1.165, 1.54) is 3.57 Å². The zero-order chi connectivity index (χ0) is 23.5. The number of aryl methyl sites for hydroxylation is 2. The van der Waals surface area contributed by atoms with Crippen molar-refractivity contribution in [3.05, 3.63) is 45.4 Å². The van der Waals surface area contributed by atoms with E-state index in [1.54, 1.807) is 7.05 Å². The molecule has 0 amide bonds. The van der Waals surface area contributed by atoms with Crippen molar-refractivity contribution in [1.29, 1.82) is 0 Å². The van der Waals surface area contributed by atoms with Gasteiger partial charge in [-0.25, -0.2) is 0 Å². The molecule has 0 atom stereocenters. The number of ether oxygens (including phenoxy) is 1. The van der Waals surface area contributed by atoms with Gasteiger partial charge in [-0.05, 0) is 66.2 Å². The molecule has 1 fully saturated rings. The van der Waals surface area contributed by atoms with Gasteiger partial charge in [0.15, 0.2) is 5.65 Å². The number of nitrogens with one attached hydrogen (secondary N) is 2. The number of pyridine rings is 1. The van der Waals surface area contributed by atoms with Crippen molar-refractivity contribution in [3.63, 3.8) is 0 Å². The number of benzene rings is 1. The van der Waals surface area contributed by atoms with E-state index < -0.39 is 0 Å².